The van der Waals surface area contributed by atoms with Crippen LogP contribution in [0.2, 0.25) is 0 Å². The zero-order valence-electron chi connectivity index (χ0n) is 12.2. The third-order valence-corrected chi connectivity index (χ3v) is 4.65. The first-order valence-corrected chi connectivity index (χ1v) is 8.35. The van der Waals surface area contributed by atoms with Crippen LogP contribution in [0.5, 0.6) is 0 Å². The second kappa shape index (κ2) is 6.46. The number of nitrogens with one attached hydrogen (secondary N) is 1. The standard InChI is InChI=1S/C14H21N3O3S/c1-11(2)17-10-14(8-12(17)9-15)21(18,19)16-6-5-13-4-3-7-20-13/h3-4,7-8,10-11,16H,5-6,9,15H2,1-2H3. The highest BCUT2D eigenvalue weighted by Crippen LogP contribution is 2.18. The van der Waals surface area contributed by atoms with Crippen molar-refractivity contribution in [1.29, 1.82) is 0 Å². The van der Waals surface area contributed by atoms with E-state index in [0.717, 1.165) is 11.5 Å². The molecule has 0 aromatic carbocycles. The molecule has 0 aliphatic carbocycles. The highest BCUT2D eigenvalue weighted by Gasteiger charge is 2.18. The minimum absolute atomic E-state index is 0.163. The van der Waals surface area contributed by atoms with Crippen molar-refractivity contribution in [3.05, 3.63) is 42.1 Å². The van der Waals surface area contributed by atoms with Crippen LogP contribution in [0.4, 0.5) is 0 Å². The molecule has 2 aromatic rings. The van der Waals surface area contributed by atoms with Crippen LogP contribution in [0.15, 0.2) is 40.0 Å². The van der Waals surface area contributed by atoms with Gasteiger partial charge in [-0.1, -0.05) is 0 Å². The molecule has 0 aliphatic heterocycles. The maximum absolute atomic E-state index is 12.3. The number of aromatic nitrogens is 1. The van der Waals surface area contributed by atoms with Crippen LogP contribution in [0.1, 0.15) is 31.3 Å². The predicted molar refractivity (Wildman–Crippen MR) is 80.3 cm³/mol. The van der Waals surface area contributed by atoms with Gasteiger partial charge in [0.25, 0.3) is 0 Å². The molecule has 0 radical (unpaired) electrons. The number of nitrogens with zero attached hydrogens (tertiary/aromatic N) is 1. The van der Waals surface area contributed by atoms with E-state index in [0.29, 0.717) is 19.5 Å². The van der Waals surface area contributed by atoms with Gasteiger partial charge in [-0.3, -0.25) is 0 Å². The Morgan fingerprint density at radius 1 is 1.43 bits per heavy atom. The summed E-state index contributed by atoms with van der Waals surface area (Å²) in [7, 11) is -3.53. The minimum atomic E-state index is -3.53. The Kier molecular flexibility index (Phi) is 4.87. The van der Waals surface area contributed by atoms with E-state index < -0.39 is 10.0 Å². The van der Waals surface area contributed by atoms with Crippen LogP contribution in [0.25, 0.3) is 0 Å². The first kappa shape index (κ1) is 15.8. The Labute approximate surface area is 125 Å². The summed E-state index contributed by atoms with van der Waals surface area (Å²) in [6.45, 7) is 4.57. The zero-order chi connectivity index (χ0) is 15.5. The first-order chi connectivity index (χ1) is 9.94. The lowest BCUT2D eigenvalue weighted by Crippen LogP contribution is -2.25. The average molecular weight is 311 g/mol. The van der Waals surface area contributed by atoms with E-state index >= 15 is 0 Å². The van der Waals surface area contributed by atoms with Crippen molar-refractivity contribution in [2.24, 2.45) is 5.73 Å². The molecule has 0 fully saturated rings. The smallest absolute Gasteiger partial charge is 0.242 e. The van der Waals surface area contributed by atoms with Gasteiger partial charge in [0, 0.05) is 37.4 Å². The van der Waals surface area contributed by atoms with Crippen LogP contribution >= 0.6 is 0 Å². The van der Waals surface area contributed by atoms with Gasteiger partial charge in [-0.05, 0) is 32.0 Å². The number of nitrogens with two attached hydrogens (primary N) is 1. The minimum Gasteiger partial charge on any atom is -0.469 e. The molecule has 0 amide bonds. The van der Waals surface area contributed by atoms with E-state index in [1.54, 1.807) is 24.6 Å². The second-order valence-electron chi connectivity index (χ2n) is 5.10. The first-order valence-electron chi connectivity index (χ1n) is 6.87. The van der Waals surface area contributed by atoms with Crippen LogP contribution in [-0.2, 0) is 23.0 Å². The summed E-state index contributed by atoms with van der Waals surface area (Å²) < 4.78 is 34.2. The molecule has 0 bridgehead atoms. The molecule has 116 valence electrons. The van der Waals surface area contributed by atoms with Gasteiger partial charge in [0.2, 0.25) is 10.0 Å². The molecular weight excluding hydrogens is 290 g/mol. The molecular formula is C14H21N3O3S. The summed E-state index contributed by atoms with van der Waals surface area (Å²) in [5.41, 5.74) is 6.46. The summed E-state index contributed by atoms with van der Waals surface area (Å²) >= 11 is 0. The number of hydrogen-bond acceptors (Lipinski definition) is 4. The highest BCUT2D eigenvalue weighted by atomic mass is 32.2. The molecule has 0 atom stereocenters. The number of rotatable bonds is 7. The summed E-state index contributed by atoms with van der Waals surface area (Å²) in [5.74, 6) is 0.750. The fourth-order valence-electron chi connectivity index (χ4n) is 2.13. The number of sulfonamides is 1. The van der Waals surface area contributed by atoms with E-state index in [2.05, 4.69) is 4.72 Å². The van der Waals surface area contributed by atoms with Crippen LogP contribution < -0.4 is 10.5 Å². The van der Waals surface area contributed by atoms with Crippen LogP contribution in [0.3, 0.4) is 0 Å². The third kappa shape index (κ3) is 3.75. The second-order valence-corrected chi connectivity index (χ2v) is 6.87. The molecule has 0 saturated heterocycles. The predicted octanol–water partition coefficient (Wildman–Crippen LogP) is 1.64. The maximum atomic E-state index is 12.3. The van der Waals surface area contributed by atoms with Gasteiger partial charge in [-0.25, -0.2) is 13.1 Å². The van der Waals surface area contributed by atoms with Crippen LogP contribution in [0, 0.1) is 0 Å². The zero-order valence-corrected chi connectivity index (χ0v) is 13.1. The lowest BCUT2D eigenvalue weighted by atomic mass is 10.3. The molecule has 0 aliphatic rings. The molecule has 2 aromatic heterocycles. The quantitative estimate of drug-likeness (QED) is 0.813. The molecule has 21 heavy (non-hydrogen) atoms. The molecule has 0 spiro atoms. The largest absolute Gasteiger partial charge is 0.469 e. The molecule has 3 N–H and O–H groups in total. The van der Waals surface area contributed by atoms with Gasteiger partial charge in [-0.15, -0.1) is 0 Å². The Morgan fingerprint density at radius 2 is 2.19 bits per heavy atom. The lowest BCUT2D eigenvalue weighted by molar-refractivity contribution is 0.506. The van der Waals surface area contributed by atoms with E-state index in [-0.39, 0.29) is 10.9 Å². The number of furan rings is 1. The van der Waals surface area contributed by atoms with Crippen molar-refractivity contribution in [3.8, 4) is 0 Å². The third-order valence-electron chi connectivity index (χ3n) is 3.23. The SMILES string of the molecule is CC(C)n1cc(S(=O)(=O)NCCc2ccco2)cc1CN. The van der Waals surface area contributed by atoms with Crippen molar-refractivity contribution in [1.82, 2.24) is 9.29 Å². The van der Waals surface area contributed by atoms with Crippen molar-refractivity contribution in [3.63, 3.8) is 0 Å². The monoisotopic (exact) mass is 311 g/mol. The summed E-state index contributed by atoms with van der Waals surface area (Å²) in [6.07, 6.45) is 3.71. The Bertz CT molecular complexity index is 672. The Hall–Kier alpha value is -1.57. The maximum Gasteiger partial charge on any atom is 0.242 e. The van der Waals surface area contributed by atoms with Gasteiger partial charge < -0.3 is 14.7 Å². The fourth-order valence-corrected chi connectivity index (χ4v) is 3.22. The van der Waals surface area contributed by atoms with Gasteiger partial charge in [0.1, 0.15) is 5.76 Å². The number of hydrogen-bond donors (Lipinski definition) is 2. The Balaban J connectivity index is 2.08. The van der Waals surface area contributed by atoms with Crippen LogP contribution in [-0.4, -0.2) is 19.5 Å². The topological polar surface area (TPSA) is 90.3 Å². The van der Waals surface area contributed by atoms with Crippen molar-refractivity contribution >= 4 is 10.0 Å². The van der Waals surface area contributed by atoms with Gasteiger partial charge in [0.15, 0.2) is 0 Å². The van der Waals surface area contributed by atoms with Gasteiger partial charge >= 0.3 is 0 Å². The van der Waals surface area contributed by atoms with Crippen molar-refractivity contribution < 1.29 is 12.8 Å². The molecule has 6 nitrogen and oxygen atoms in total. The molecule has 2 rings (SSSR count). The summed E-state index contributed by atoms with van der Waals surface area (Å²) in [5, 5.41) is 0. The fraction of sp³-hybridized carbons (Fsp3) is 0.429. The van der Waals surface area contributed by atoms with Crippen molar-refractivity contribution in [2.45, 2.75) is 37.8 Å². The van der Waals surface area contributed by atoms with Crippen molar-refractivity contribution in [2.75, 3.05) is 6.54 Å². The lowest BCUT2D eigenvalue weighted by Gasteiger charge is -2.10. The van der Waals surface area contributed by atoms with Gasteiger partial charge in [-0.2, -0.15) is 0 Å². The van der Waals surface area contributed by atoms with Gasteiger partial charge in [0.05, 0.1) is 11.2 Å². The molecule has 0 unspecified atom stereocenters. The van der Waals surface area contributed by atoms with E-state index in [9.17, 15) is 8.42 Å². The summed E-state index contributed by atoms with van der Waals surface area (Å²) in [4.78, 5) is 0.246. The van der Waals surface area contributed by atoms with E-state index in [1.807, 2.05) is 24.5 Å². The van der Waals surface area contributed by atoms with E-state index in [4.69, 9.17) is 10.2 Å². The molecule has 7 heteroatoms. The summed E-state index contributed by atoms with van der Waals surface area (Å²) in [6, 6.07) is 5.38. The van der Waals surface area contributed by atoms with E-state index in [1.165, 1.54) is 0 Å². The Morgan fingerprint density at radius 3 is 2.71 bits per heavy atom. The average Bonchev–Trinajstić information content (AvgIpc) is 3.07. The molecule has 2 heterocycles. The highest BCUT2D eigenvalue weighted by molar-refractivity contribution is 7.89. The molecule has 0 saturated carbocycles. The normalized spacial score (nSPS) is 12.2.